The second kappa shape index (κ2) is 6.08. The Morgan fingerprint density at radius 2 is 2.10 bits per heavy atom. The third-order valence-electron chi connectivity index (χ3n) is 4.30. The number of hydrogen-bond acceptors (Lipinski definition) is 5. The van der Waals surface area contributed by atoms with Gasteiger partial charge in [-0.3, -0.25) is 4.90 Å². The predicted octanol–water partition coefficient (Wildman–Crippen LogP) is 1.05. The number of hydrogen-bond donors (Lipinski definition) is 1. The Labute approximate surface area is 120 Å². The summed E-state index contributed by atoms with van der Waals surface area (Å²) in [6.45, 7) is 7.68. The van der Waals surface area contributed by atoms with Gasteiger partial charge in [0.25, 0.3) is 0 Å². The van der Waals surface area contributed by atoms with Crippen molar-refractivity contribution in [1.29, 1.82) is 0 Å². The summed E-state index contributed by atoms with van der Waals surface area (Å²) in [6, 6.07) is 4.61. The van der Waals surface area contributed by atoms with Crippen LogP contribution in [0.1, 0.15) is 25.0 Å². The monoisotopic (exact) mass is 277 g/mol. The van der Waals surface area contributed by atoms with Crippen LogP contribution in [0, 0.1) is 0 Å². The number of ether oxygens (including phenoxy) is 1. The number of morpholine rings is 1. The molecule has 2 atom stereocenters. The van der Waals surface area contributed by atoms with Crippen LogP contribution in [0.25, 0.3) is 0 Å². The van der Waals surface area contributed by atoms with Gasteiger partial charge in [0.05, 0.1) is 19.3 Å². The van der Waals surface area contributed by atoms with Crippen LogP contribution < -0.4 is 4.90 Å². The quantitative estimate of drug-likeness (QED) is 0.895. The zero-order valence-electron chi connectivity index (χ0n) is 12.0. The van der Waals surface area contributed by atoms with Crippen molar-refractivity contribution < 1.29 is 9.84 Å². The Bertz CT molecular complexity index is 429. The van der Waals surface area contributed by atoms with Crippen LogP contribution in [-0.4, -0.2) is 60.4 Å². The fourth-order valence-corrected chi connectivity index (χ4v) is 3.02. The molecule has 110 valence electrons. The average Bonchev–Trinajstić information content (AvgIpc) is 2.98. The van der Waals surface area contributed by atoms with E-state index in [-0.39, 0.29) is 0 Å². The van der Waals surface area contributed by atoms with Gasteiger partial charge in [0.15, 0.2) is 0 Å². The first-order valence-corrected chi connectivity index (χ1v) is 7.45. The molecule has 2 saturated heterocycles. The van der Waals surface area contributed by atoms with Crippen LogP contribution in [0.3, 0.4) is 0 Å². The highest BCUT2D eigenvalue weighted by atomic mass is 16.5. The first-order valence-electron chi connectivity index (χ1n) is 7.45. The summed E-state index contributed by atoms with van der Waals surface area (Å²) in [5, 5.41) is 9.52. The van der Waals surface area contributed by atoms with Crippen molar-refractivity contribution in [2.75, 3.05) is 44.3 Å². The Kier molecular flexibility index (Phi) is 4.19. The van der Waals surface area contributed by atoms with E-state index in [2.05, 4.69) is 14.8 Å². The van der Waals surface area contributed by atoms with E-state index in [1.165, 1.54) is 6.42 Å². The number of aliphatic hydroxyl groups is 1. The van der Waals surface area contributed by atoms with Gasteiger partial charge in [0.2, 0.25) is 0 Å². The first kappa shape index (κ1) is 13.8. The summed E-state index contributed by atoms with van der Waals surface area (Å²) in [5.41, 5.74) is 0.873. The lowest BCUT2D eigenvalue weighted by Crippen LogP contribution is -2.44. The molecule has 0 bridgehead atoms. The highest BCUT2D eigenvalue weighted by Crippen LogP contribution is 2.23. The third-order valence-corrected chi connectivity index (χ3v) is 4.30. The standard InChI is InChI=1S/C15H23N3O2/c1-12(19)13-2-3-15(16-10-13)18-5-4-14(11-18)17-6-8-20-9-7-17/h2-3,10,12,14,19H,4-9,11H2,1H3/t12-,14?/m0/s1. The normalized spacial score (nSPS) is 25.9. The largest absolute Gasteiger partial charge is 0.389 e. The predicted molar refractivity (Wildman–Crippen MR) is 77.9 cm³/mol. The second-order valence-corrected chi connectivity index (χ2v) is 5.66. The molecular formula is C15H23N3O2. The fraction of sp³-hybridized carbons (Fsp3) is 0.667. The summed E-state index contributed by atoms with van der Waals surface area (Å²) >= 11 is 0. The van der Waals surface area contributed by atoms with Gasteiger partial charge < -0.3 is 14.7 Å². The van der Waals surface area contributed by atoms with Gasteiger partial charge in [0.1, 0.15) is 5.82 Å². The molecule has 20 heavy (non-hydrogen) atoms. The molecular weight excluding hydrogens is 254 g/mol. The van der Waals surface area contributed by atoms with E-state index in [0.717, 1.165) is 50.8 Å². The topological polar surface area (TPSA) is 48.8 Å². The Morgan fingerprint density at radius 3 is 2.75 bits per heavy atom. The molecule has 1 aromatic heterocycles. The van der Waals surface area contributed by atoms with Crippen LogP contribution in [0.15, 0.2) is 18.3 Å². The average molecular weight is 277 g/mol. The zero-order chi connectivity index (χ0) is 13.9. The van der Waals surface area contributed by atoms with Gasteiger partial charge in [0, 0.05) is 38.4 Å². The highest BCUT2D eigenvalue weighted by molar-refractivity contribution is 5.41. The van der Waals surface area contributed by atoms with Gasteiger partial charge in [-0.2, -0.15) is 0 Å². The van der Waals surface area contributed by atoms with Crippen molar-refractivity contribution in [3.8, 4) is 0 Å². The van der Waals surface area contributed by atoms with Crippen molar-refractivity contribution in [3.05, 3.63) is 23.9 Å². The molecule has 0 radical (unpaired) electrons. The van der Waals surface area contributed by atoms with Crippen LogP contribution in [0.4, 0.5) is 5.82 Å². The molecule has 3 rings (SSSR count). The van der Waals surface area contributed by atoms with Crippen molar-refractivity contribution in [3.63, 3.8) is 0 Å². The minimum atomic E-state index is -0.448. The highest BCUT2D eigenvalue weighted by Gasteiger charge is 2.29. The van der Waals surface area contributed by atoms with Crippen LogP contribution in [-0.2, 0) is 4.74 Å². The summed E-state index contributed by atoms with van der Waals surface area (Å²) in [7, 11) is 0. The summed E-state index contributed by atoms with van der Waals surface area (Å²) < 4.78 is 5.42. The molecule has 2 fully saturated rings. The molecule has 0 spiro atoms. The maximum absolute atomic E-state index is 9.52. The van der Waals surface area contributed by atoms with Crippen LogP contribution >= 0.6 is 0 Å². The molecule has 5 heteroatoms. The van der Waals surface area contributed by atoms with Crippen molar-refractivity contribution in [2.45, 2.75) is 25.5 Å². The molecule has 0 amide bonds. The number of pyridine rings is 1. The van der Waals surface area contributed by atoms with Crippen LogP contribution in [0.2, 0.25) is 0 Å². The number of anilines is 1. The van der Waals surface area contributed by atoms with Gasteiger partial charge in [-0.15, -0.1) is 0 Å². The van der Waals surface area contributed by atoms with E-state index in [1.54, 1.807) is 13.1 Å². The number of aromatic nitrogens is 1. The maximum atomic E-state index is 9.52. The molecule has 0 aliphatic carbocycles. The zero-order valence-corrected chi connectivity index (χ0v) is 12.0. The Morgan fingerprint density at radius 1 is 1.30 bits per heavy atom. The van der Waals surface area contributed by atoms with E-state index in [9.17, 15) is 5.11 Å². The van der Waals surface area contributed by atoms with Gasteiger partial charge >= 0.3 is 0 Å². The molecule has 1 unspecified atom stereocenters. The van der Waals surface area contributed by atoms with E-state index < -0.39 is 6.10 Å². The molecule has 1 aromatic rings. The van der Waals surface area contributed by atoms with E-state index in [1.807, 2.05) is 12.1 Å². The maximum Gasteiger partial charge on any atom is 0.128 e. The Balaban J connectivity index is 1.61. The molecule has 1 N–H and O–H groups in total. The van der Waals surface area contributed by atoms with Gasteiger partial charge in [-0.05, 0) is 25.0 Å². The molecule has 0 saturated carbocycles. The van der Waals surface area contributed by atoms with Crippen molar-refractivity contribution >= 4 is 5.82 Å². The molecule has 2 aliphatic rings. The molecule has 3 heterocycles. The summed E-state index contributed by atoms with van der Waals surface area (Å²) in [6.07, 6.45) is 2.53. The minimum Gasteiger partial charge on any atom is -0.389 e. The van der Waals surface area contributed by atoms with E-state index in [4.69, 9.17) is 4.74 Å². The molecule has 0 aromatic carbocycles. The summed E-state index contributed by atoms with van der Waals surface area (Å²) in [4.78, 5) is 9.36. The lowest BCUT2D eigenvalue weighted by Gasteiger charge is -2.32. The molecule has 5 nitrogen and oxygen atoms in total. The lowest BCUT2D eigenvalue weighted by molar-refractivity contribution is 0.0209. The molecule has 2 aliphatic heterocycles. The lowest BCUT2D eigenvalue weighted by atomic mass is 10.2. The SMILES string of the molecule is C[C@H](O)c1ccc(N2CCC(N3CCOCC3)C2)nc1. The number of nitrogens with zero attached hydrogens (tertiary/aromatic N) is 3. The number of aliphatic hydroxyl groups excluding tert-OH is 1. The van der Waals surface area contributed by atoms with Gasteiger partial charge in [-0.1, -0.05) is 6.07 Å². The number of rotatable bonds is 3. The van der Waals surface area contributed by atoms with E-state index in [0.29, 0.717) is 6.04 Å². The van der Waals surface area contributed by atoms with Crippen LogP contribution in [0.5, 0.6) is 0 Å². The Hall–Kier alpha value is -1.17. The first-order chi connectivity index (χ1) is 9.74. The minimum absolute atomic E-state index is 0.448. The van der Waals surface area contributed by atoms with Crippen molar-refractivity contribution in [2.24, 2.45) is 0 Å². The van der Waals surface area contributed by atoms with Gasteiger partial charge in [-0.25, -0.2) is 4.98 Å². The van der Waals surface area contributed by atoms with Crippen molar-refractivity contribution in [1.82, 2.24) is 9.88 Å². The smallest absolute Gasteiger partial charge is 0.128 e. The summed E-state index contributed by atoms with van der Waals surface area (Å²) in [5.74, 6) is 1.02. The second-order valence-electron chi connectivity index (χ2n) is 5.66. The fourth-order valence-electron chi connectivity index (χ4n) is 3.02. The van der Waals surface area contributed by atoms with E-state index >= 15 is 0 Å². The third kappa shape index (κ3) is 2.95.